The van der Waals surface area contributed by atoms with E-state index in [1.807, 2.05) is 13.8 Å². The average Bonchev–Trinajstić information content (AvgIpc) is 2.49. The number of aryl methyl sites for hydroxylation is 1. The molecular formula is C8H14N4O. The zero-order valence-corrected chi connectivity index (χ0v) is 7.79. The number of nitrogens with zero attached hydrogens (tertiary/aromatic N) is 1. The second-order valence-corrected chi connectivity index (χ2v) is 2.94. The molecule has 5 nitrogen and oxygen atoms in total. The summed E-state index contributed by atoms with van der Waals surface area (Å²) < 4.78 is 0. The first-order chi connectivity index (χ1) is 6.13. The summed E-state index contributed by atoms with van der Waals surface area (Å²) in [7, 11) is 0. The van der Waals surface area contributed by atoms with Crippen molar-refractivity contribution in [1.29, 1.82) is 0 Å². The largest absolute Gasteiger partial charge is 0.320 e. The number of hydrogen-bond acceptors (Lipinski definition) is 3. The van der Waals surface area contributed by atoms with Crippen molar-refractivity contribution < 1.29 is 4.79 Å². The van der Waals surface area contributed by atoms with Crippen LogP contribution in [-0.4, -0.2) is 22.1 Å². The number of nitrogens with two attached hydrogens (primary N) is 1. The predicted octanol–water partition coefficient (Wildman–Crippen LogP) is 0.394. The summed E-state index contributed by atoms with van der Waals surface area (Å²) in [6.45, 7) is 3.72. The zero-order valence-electron chi connectivity index (χ0n) is 7.79. The van der Waals surface area contributed by atoms with E-state index in [0.29, 0.717) is 12.2 Å². The highest BCUT2D eigenvalue weighted by Gasteiger charge is 2.11. The molecule has 1 atom stereocenters. The Morgan fingerprint density at radius 2 is 2.54 bits per heavy atom. The highest BCUT2D eigenvalue weighted by molar-refractivity contribution is 5.93. The van der Waals surface area contributed by atoms with Crippen molar-refractivity contribution in [3.05, 3.63) is 11.8 Å². The third-order valence-corrected chi connectivity index (χ3v) is 1.73. The molecule has 0 spiro atoms. The second-order valence-electron chi connectivity index (χ2n) is 2.94. The normalized spacial score (nSPS) is 12.5. The Labute approximate surface area is 76.7 Å². The Morgan fingerprint density at radius 1 is 1.85 bits per heavy atom. The molecule has 4 N–H and O–H groups in total. The lowest BCUT2D eigenvalue weighted by Crippen LogP contribution is -2.34. The maximum Gasteiger partial charge on any atom is 0.242 e. The lowest BCUT2D eigenvalue weighted by molar-refractivity contribution is -0.117. The molecule has 1 amide bonds. The van der Waals surface area contributed by atoms with Crippen LogP contribution in [-0.2, 0) is 4.79 Å². The van der Waals surface area contributed by atoms with E-state index >= 15 is 0 Å². The Morgan fingerprint density at radius 3 is 3.00 bits per heavy atom. The van der Waals surface area contributed by atoms with Crippen molar-refractivity contribution >= 4 is 11.7 Å². The minimum absolute atomic E-state index is 0.200. The summed E-state index contributed by atoms with van der Waals surface area (Å²) in [5.41, 5.74) is 6.42. The van der Waals surface area contributed by atoms with Gasteiger partial charge in [-0.2, -0.15) is 5.10 Å². The van der Waals surface area contributed by atoms with E-state index in [-0.39, 0.29) is 5.91 Å². The van der Waals surface area contributed by atoms with Gasteiger partial charge in [0.1, 0.15) is 0 Å². The van der Waals surface area contributed by atoms with Crippen LogP contribution in [0.1, 0.15) is 19.0 Å². The SMILES string of the molecule is CC[C@H](N)C(=O)Nc1cc(C)[nH]n1. The summed E-state index contributed by atoms with van der Waals surface area (Å²) in [4.78, 5) is 11.3. The van der Waals surface area contributed by atoms with Crippen molar-refractivity contribution in [2.75, 3.05) is 5.32 Å². The van der Waals surface area contributed by atoms with E-state index in [0.717, 1.165) is 5.69 Å². The van der Waals surface area contributed by atoms with Crippen LogP contribution in [0.2, 0.25) is 0 Å². The molecule has 0 aliphatic heterocycles. The maximum absolute atomic E-state index is 11.3. The summed E-state index contributed by atoms with van der Waals surface area (Å²) in [5, 5.41) is 9.19. The molecule has 13 heavy (non-hydrogen) atoms. The first-order valence-electron chi connectivity index (χ1n) is 4.22. The van der Waals surface area contributed by atoms with Crippen LogP contribution in [0.5, 0.6) is 0 Å². The number of H-pyrrole nitrogens is 1. The fraction of sp³-hybridized carbons (Fsp3) is 0.500. The summed E-state index contributed by atoms with van der Waals surface area (Å²) in [5.74, 6) is 0.320. The van der Waals surface area contributed by atoms with Crippen LogP contribution in [0.3, 0.4) is 0 Å². The Hall–Kier alpha value is -1.36. The number of aromatic amines is 1. The molecule has 0 saturated heterocycles. The van der Waals surface area contributed by atoms with Gasteiger partial charge in [-0.05, 0) is 13.3 Å². The van der Waals surface area contributed by atoms with E-state index in [1.54, 1.807) is 6.07 Å². The van der Waals surface area contributed by atoms with Crippen LogP contribution in [0, 0.1) is 6.92 Å². The number of anilines is 1. The molecule has 5 heteroatoms. The van der Waals surface area contributed by atoms with Gasteiger partial charge in [0, 0.05) is 11.8 Å². The molecule has 0 fully saturated rings. The minimum Gasteiger partial charge on any atom is -0.320 e. The first kappa shape index (κ1) is 9.73. The molecular weight excluding hydrogens is 168 g/mol. The molecule has 0 aliphatic carbocycles. The van der Waals surface area contributed by atoms with E-state index in [9.17, 15) is 4.79 Å². The van der Waals surface area contributed by atoms with Gasteiger partial charge in [0.05, 0.1) is 6.04 Å². The number of carbonyl (C=O) groups excluding carboxylic acids is 1. The molecule has 0 saturated carbocycles. The van der Waals surface area contributed by atoms with Gasteiger partial charge in [0.2, 0.25) is 5.91 Å². The Bertz CT molecular complexity index is 294. The second kappa shape index (κ2) is 4.04. The first-order valence-corrected chi connectivity index (χ1v) is 4.22. The third kappa shape index (κ3) is 2.55. The van der Waals surface area contributed by atoms with Gasteiger partial charge in [-0.1, -0.05) is 6.92 Å². The van der Waals surface area contributed by atoms with Crippen LogP contribution >= 0.6 is 0 Å². The number of hydrogen-bond donors (Lipinski definition) is 3. The van der Waals surface area contributed by atoms with E-state index in [1.165, 1.54) is 0 Å². The Balaban J connectivity index is 2.54. The highest BCUT2D eigenvalue weighted by Crippen LogP contribution is 2.04. The van der Waals surface area contributed by atoms with Crippen molar-refractivity contribution in [1.82, 2.24) is 10.2 Å². The lowest BCUT2D eigenvalue weighted by Gasteiger charge is -2.06. The topological polar surface area (TPSA) is 83.8 Å². The van der Waals surface area contributed by atoms with E-state index < -0.39 is 6.04 Å². The number of aromatic nitrogens is 2. The zero-order chi connectivity index (χ0) is 9.84. The summed E-state index contributed by atoms with van der Waals surface area (Å²) >= 11 is 0. The molecule has 0 aliphatic rings. The molecule has 0 unspecified atom stereocenters. The van der Waals surface area contributed by atoms with Crippen LogP contribution in [0.4, 0.5) is 5.82 Å². The number of nitrogens with one attached hydrogen (secondary N) is 2. The molecule has 0 bridgehead atoms. The van der Waals surface area contributed by atoms with Crippen LogP contribution in [0.25, 0.3) is 0 Å². The van der Waals surface area contributed by atoms with Crippen LogP contribution < -0.4 is 11.1 Å². The van der Waals surface area contributed by atoms with Crippen molar-refractivity contribution in [3.8, 4) is 0 Å². The number of carbonyl (C=O) groups is 1. The van der Waals surface area contributed by atoms with Gasteiger partial charge < -0.3 is 11.1 Å². The minimum atomic E-state index is -0.461. The summed E-state index contributed by atoms with van der Waals surface area (Å²) in [6, 6.07) is 1.29. The third-order valence-electron chi connectivity index (χ3n) is 1.73. The molecule has 1 aromatic heterocycles. The molecule has 1 rings (SSSR count). The standard InChI is InChI=1S/C8H14N4O/c1-3-6(9)8(13)10-7-4-5(2)11-12-7/h4,6H,3,9H2,1-2H3,(H2,10,11,12,13)/t6-/m0/s1. The van der Waals surface area contributed by atoms with Gasteiger partial charge in [-0.25, -0.2) is 0 Å². The van der Waals surface area contributed by atoms with E-state index in [2.05, 4.69) is 15.5 Å². The molecule has 1 heterocycles. The number of amides is 1. The van der Waals surface area contributed by atoms with Crippen molar-refractivity contribution in [3.63, 3.8) is 0 Å². The molecule has 0 aromatic carbocycles. The summed E-state index contributed by atoms with van der Waals surface area (Å²) in [6.07, 6.45) is 0.620. The highest BCUT2D eigenvalue weighted by atomic mass is 16.2. The quantitative estimate of drug-likeness (QED) is 0.632. The smallest absolute Gasteiger partial charge is 0.242 e. The molecule has 72 valence electrons. The fourth-order valence-corrected chi connectivity index (χ4v) is 0.886. The van der Waals surface area contributed by atoms with Gasteiger partial charge in [0.25, 0.3) is 0 Å². The molecule has 0 radical (unpaired) electrons. The fourth-order valence-electron chi connectivity index (χ4n) is 0.886. The maximum atomic E-state index is 11.3. The van der Waals surface area contributed by atoms with E-state index in [4.69, 9.17) is 5.73 Å². The van der Waals surface area contributed by atoms with Gasteiger partial charge in [-0.15, -0.1) is 0 Å². The molecule has 1 aromatic rings. The van der Waals surface area contributed by atoms with Gasteiger partial charge in [-0.3, -0.25) is 9.89 Å². The lowest BCUT2D eigenvalue weighted by atomic mass is 10.2. The predicted molar refractivity (Wildman–Crippen MR) is 50.2 cm³/mol. The van der Waals surface area contributed by atoms with Crippen LogP contribution in [0.15, 0.2) is 6.07 Å². The Kier molecular flexibility index (Phi) is 3.02. The number of rotatable bonds is 3. The monoisotopic (exact) mass is 182 g/mol. The van der Waals surface area contributed by atoms with Gasteiger partial charge in [0.15, 0.2) is 5.82 Å². The average molecular weight is 182 g/mol. The van der Waals surface area contributed by atoms with Crippen molar-refractivity contribution in [2.45, 2.75) is 26.3 Å². The van der Waals surface area contributed by atoms with Crippen molar-refractivity contribution in [2.24, 2.45) is 5.73 Å². The van der Waals surface area contributed by atoms with Gasteiger partial charge >= 0.3 is 0 Å².